The number of nitrogens with zero attached hydrogens (tertiary/aromatic N) is 3. The first-order valence-corrected chi connectivity index (χ1v) is 10.2. The molecule has 0 atom stereocenters. The molecule has 1 aromatic rings. The number of quaternary nitrogens is 2. The van der Waals surface area contributed by atoms with E-state index in [4.69, 9.17) is 9.47 Å². The Morgan fingerprint density at radius 2 is 1.14 bits per heavy atom. The summed E-state index contributed by atoms with van der Waals surface area (Å²) >= 11 is 0. The zero-order valence-electron chi connectivity index (χ0n) is 18.4. The lowest BCUT2D eigenvalue weighted by Crippen LogP contribution is -2.46. The van der Waals surface area contributed by atoms with Crippen molar-refractivity contribution < 1.29 is 28.0 Å². The van der Waals surface area contributed by atoms with Crippen LogP contribution in [0.15, 0.2) is 18.2 Å². The minimum Gasteiger partial charge on any atom is -0.455 e. The molecule has 0 amide bonds. The van der Waals surface area contributed by atoms with Gasteiger partial charge >= 0.3 is 11.9 Å². The summed E-state index contributed by atoms with van der Waals surface area (Å²) in [5.74, 6) is -1.04. The molecule has 0 fully saturated rings. The number of pyridine rings is 1. The molecule has 0 saturated carbocycles. The molecule has 7 heteroatoms. The van der Waals surface area contributed by atoms with Crippen molar-refractivity contribution in [2.24, 2.45) is 0 Å². The van der Waals surface area contributed by atoms with Crippen LogP contribution in [-0.4, -0.2) is 92.5 Å². The van der Waals surface area contributed by atoms with Gasteiger partial charge in [-0.3, -0.25) is 0 Å². The highest BCUT2D eigenvalue weighted by Gasteiger charge is 2.20. The predicted molar refractivity (Wildman–Crippen MR) is 109 cm³/mol. The van der Waals surface area contributed by atoms with Crippen LogP contribution >= 0.6 is 0 Å². The van der Waals surface area contributed by atoms with Crippen molar-refractivity contribution in [1.29, 1.82) is 0 Å². The van der Waals surface area contributed by atoms with Gasteiger partial charge in [0.05, 0.1) is 40.3 Å². The maximum absolute atomic E-state index is 12.3. The van der Waals surface area contributed by atoms with Gasteiger partial charge in [-0.2, -0.15) is 0 Å². The Morgan fingerprint density at radius 1 is 0.786 bits per heavy atom. The van der Waals surface area contributed by atoms with Crippen LogP contribution < -0.4 is 0 Å². The first-order chi connectivity index (χ1) is 13.2. The standard InChI is InChI=1S/C21H37N3O4/c1-7-23(5,8-2)14-16-27-20(25)18-12-11-13-19(22-18)21(26)28-17-15-24(6,9-3)10-4/h11-13H,7-10,14-17H2,1-6H3/q+2. The zero-order chi connectivity index (χ0) is 21.2. The van der Waals surface area contributed by atoms with Gasteiger partial charge in [-0.1, -0.05) is 6.07 Å². The summed E-state index contributed by atoms with van der Waals surface area (Å²) < 4.78 is 12.4. The Labute approximate surface area is 169 Å². The molecule has 7 nitrogen and oxygen atoms in total. The average Bonchev–Trinajstić information content (AvgIpc) is 2.73. The molecule has 0 aromatic carbocycles. The molecular weight excluding hydrogens is 358 g/mol. The molecular formula is C21H37N3O4+2. The van der Waals surface area contributed by atoms with E-state index in [0.717, 1.165) is 48.2 Å². The molecule has 1 aromatic heterocycles. The van der Waals surface area contributed by atoms with Gasteiger partial charge in [0.2, 0.25) is 0 Å². The SMILES string of the molecule is CC[N+](C)(CC)CCOC(=O)c1cccc(C(=O)OCC[N+](C)(CC)CC)n1. The molecule has 0 N–H and O–H groups in total. The third-order valence-electron chi connectivity index (χ3n) is 5.95. The summed E-state index contributed by atoms with van der Waals surface area (Å²) in [7, 11) is 4.26. The number of aromatic nitrogens is 1. The monoisotopic (exact) mass is 395 g/mol. The first-order valence-electron chi connectivity index (χ1n) is 10.2. The van der Waals surface area contributed by atoms with E-state index in [1.807, 2.05) is 0 Å². The highest BCUT2D eigenvalue weighted by molar-refractivity contribution is 5.91. The molecule has 0 bridgehead atoms. The van der Waals surface area contributed by atoms with Crippen molar-refractivity contribution in [1.82, 2.24) is 4.98 Å². The summed E-state index contributed by atoms with van der Waals surface area (Å²) in [5.41, 5.74) is 0.249. The maximum Gasteiger partial charge on any atom is 0.357 e. The smallest absolute Gasteiger partial charge is 0.357 e. The van der Waals surface area contributed by atoms with E-state index in [9.17, 15) is 9.59 Å². The Balaban J connectivity index is 2.60. The second kappa shape index (κ2) is 11.1. The summed E-state index contributed by atoms with van der Waals surface area (Å²) in [6.07, 6.45) is 0. The number of ether oxygens (including phenoxy) is 2. The van der Waals surface area contributed by atoms with Crippen LogP contribution in [0.3, 0.4) is 0 Å². The molecule has 0 aliphatic heterocycles. The van der Waals surface area contributed by atoms with Gasteiger partial charge in [-0.05, 0) is 39.8 Å². The second-order valence-electron chi connectivity index (χ2n) is 7.63. The van der Waals surface area contributed by atoms with E-state index < -0.39 is 11.9 Å². The van der Waals surface area contributed by atoms with E-state index in [-0.39, 0.29) is 11.4 Å². The summed E-state index contributed by atoms with van der Waals surface area (Å²) in [5, 5.41) is 0. The normalized spacial score (nSPS) is 11.9. The van der Waals surface area contributed by atoms with Crippen molar-refractivity contribution in [2.45, 2.75) is 27.7 Å². The van der Waals surface area contributed by atoms with Crippen molar-refractivity contribution in [3.05, 3.63) is 29.6 Å². The number of hydrogen-bond acceptors (Lipinski definition) is 5. The van der Waals surface area contributed by atoms with Crippen LogP contribution in [0.1, 0.15) is 48.7 Å². The number of carbonyl (C=O) groups excluding carboxylic acids is 2. The molecule has 0 unspecified atom stereocenters. The van der Waals surface area contributed by atoms with Crippen LogP contribution in [-0.2, 0) is 9.47 Å². The van der Waals surface area contributed by atoms with Crippen LogP contribution in [0.25, 0.3) is 0 Å². The minimum atomic E-state index is -0.519. The number of esters is 2. The van der Waals surface area contributed by atoms with Gasteiger partial charge in [0.1, 0.15) is 37.7 Å². The van der Waals surface area contributed by atoms with E-state index in [1.165, 1.54) is 0 Å². The molecule has 0 saturated heterocycles. The van der Waals surface area contributed by atoms with Gasteiger partial charge in [0.15, 0.2) is 0 Å². The molecule has 0 spiro atoms. The molecule has 28 heavy (non-hydrogen) atoms. The van der Waals surface area contributed by atoms with Crippen molar-refractivity contribution in [2.75, 3.05) is 66.6 Å². The molecule has 158 valence electrons. The fraction of sp³-hybridized carbons (Fsp3) is 0.667. The highest BCUT2D eigenvalue weighted by atomic mass is 16.5. The van der Waals surface area contributed by atoms with Gasteiger partial charge < -0.3 is 18.4 Å². The zero-order valence-corrected chi connectivity index (χ0v) is 18.4. The quantitative estimate of drug-likeness (QED) is 0.402. The number of rotatable bonds is 12. The Bertz CT molecular complexity index is 589. The summed E-state index contributed by atoms with van der Waals surface area (Å²) in [4.78, 5) is 28.6. The van der Waals surface area contributed by atoms with E-state index in [0.29, 0.717) is 13.2 Å². The largest absolute Gasteiger partial charge is 0.455 e. The average molecular weight is 396 g/mol. The van der Waals surface area contributed by atoms with Crippen molar-refractivity contribution in [3.8, 4) is 0 Å². The van der Waals surface area contributed by atoms with Crippen molar-refractivity contribution in [3.63, 3.8) is 0 Å². The lowest BCUT2D eigenvalue weighted by atomic mass is 10.3. The lowest BCUT2D eigenvalue weighted by molar-refractivity contribution is -0.906. The molecule has 0 aliphatic rings. The Hall–Kier alpha value is -1.99. The molecule has 1 rings (SSSR count). The Kier molecular flexibility index (Phi) is 9.55. The molecule has 0 aliphatic carbocycles. The van der Waals surface area contributed by atoms with Crippen LogP contribution in [0.2, 0.25) is 0 Å². The Morgan fingerprint density at radius 3 is 1.46 bits per heavy atom. The number of hydrogen-bond donors (Lipinski definition) is 0. The number of likely N-dealkylation sites (N-methyl/N-ethyl adjacent to an activating group) is 2. The summed E-state index contributed by atoms with van der Waals surface area (Å²) in [6, 6.07) is 4.72. The highest BCUT2D eigenvalue weighted by Crippen LogP contribution is 2.06. The fourth-order valence-electron chi connectivity index (χ4n) is 2.61. The minimum absolute atomic E-state index is 0.124. The molecule has 0 radical (unpaired) electrons. The topological polar surface area (TPSA) is 65.5 Å². The van der Waals surface area contributed by atoms with Crippen LogP contribution in [0, 0.1) is 0 Å². The summed E-state index contributed by atoms with van der Waals surface area (Å²) in [6.45, 7) is 14.5. The first kappa shape index (κ1) is 24.0. The van der Waals surface area contributed by atoms with Gasteiger partial charge in [0.25, 0.3) is 0 Å². The number of carbonyl (C=O) groups is 2. The van der Waals surface area contributed by atoms with E-state index in [1.54, 1.807) is 18.2 Å². The van der Waals surface area contributed by atoms with Crippen molar-refractivity contribution >= 4 is 11.9 Å². The van der Waals surface area contributed by atoms with E-state index >= 15 is 0 Å². The second-order valence-corrected chi connectivity index (χ2v) is 7.63. The van der Waals surface area contributed by atoms with Gasteiger partial charge in [0, 0.05) is 0 Å². The maximum atomic E-state index is 12.3. The predicted octanol–water partition coefficient (Wildman–Crippen LogP) is 2.37. The lowest BCUT2D eigenvalue weighted by Gasteiger charge is -2.31. The van der Waals surface area contributed by atoms with Gasteiger partial charge in [-0.25, -0.2) is 14.6 Å². The third-order valence-corrected chi connectivity index (χ3v) is 5.95. The van der Waals surface area contributed by atoms with Crippen LogP contribution in [0.5, 0.6) is 0 Å². The van der Waals surface area contributed by atoms with Crippen LogP contribution in [0.4, 0.5) is 0 Å². The molecule has 1 heterocycles. The third kappa shape index (κ3) is 7.20. The van der Waals surface area contributed by atoms with E-state index in [2.05, 4.69) is 46.8 Å². The van der Waals surface area contributed by atoms with Gasteiger partial charge in [-0.15, -0.1) is 0 Å². The fourth-order valence-corrected chi connectivity index (χ4v) is 2.61.